The van der Waals surface area contributed by atoms with Gasteiger partial charge in [-0.3, -0.25) is 0 Å². The minimum atomic E-state index is -0.105. The van der Waals surface area contributed by atoms with Crippen LogP contribution in [0.5, 0.6) is 0 Å². The highest BCUT2D eigenvalue weighted by Crippen LogP contribution is 2.39. The van der Waals surface area contributed by atoms with Crippen LogP contribution in [0.1, 0.15) is 31.5 Å². The number of nitrogens with zero attached hydrogens (tertiary/aromatic N) is 3. The smallest absolute Gasteiger partial charge is 0.205 e. The number of aromatic nitrogens is 2. The Labute approximate surface area is 105 Å². The van der Waals surface area contributed by atoms with E-state index in [-0.39, 0.29) is 18.8 Å². The Balaban J connectivity index is 1.72. The van der Waals surface area contributed by atoms with E-state index in [1.807, 2.05) is 6.92 Å². The summed E-state index contributed by atoms with van der Waals surface area (Å²) in [5.74, 6) is 1.61. The molecule has 0 radical (unpaired) electrons. The largest absolute Gasteiger partial charge is 0.394 e. The topological polar surface area (TPSA) is 58.5 Å². The van der Waals surface area contributed by atoms with Crippen molar-refractivity contribution in [1.29, 1.82) is 0 Å². The Morgan fingerprint density at radius 3 is 3.00 bits per heavy atom. The summed E-state index contributed by atoms with van der Waals surface area (Å²) < 4.78 is 10.0. The van der Waals surface area contributed by atoms with Crippen LogP contribution in [0.4, 0.5) is 5.13 Å². The number of hydrogen-bond acceptors (Lipinski definition) is 6. The maximum atomic E-state index is 9.19. The quantitative estimate of drug-likeness (QED) is 0.873. The molecular weight excluding hydrogens is 238 g/mol. The number of ether oxygens (including phenoxy) is 1. The predicted octanol–water partition coefficient (Wildman–Crippen LogP) is 1.00. The van der Waals surface area contributed by atoms with Crippen LogP contribution in [0.25, 0.3) is 0 Å². The third-order valence-corrected chi connectivity index (χ3v) is 3.97. The first kappa shape index (κ1) is 11.4. The predicted molar refractivity (Wildman–Crippen MR) is 65.5 cm³/mol. The summed E-state index contributed by atoms with van der Waals surface area (Å²) in [5, 5.41) is 10.2. The Kier molecular flexibility index (Phi) is 3.02. The lowest BCUT2D eigenvalue weighted by atomic mass is 10.2. The van der Waals surface area contributed by atoms with Crippen LogP contribution in [0.2, 0.25) is 0 Å². The third kappa shape index (κ3) is 2.43. The highest BCUT2D eigenvalue weighted by molar-refractivity contribution is 7.09. The van der Waals surface area contributed by atoms with E-state index in [9.17, 15) is 5.11 Å². The molecule has 1 aliphatic heterocycles. The van der Waals surface area contributed by atoms with E-state index in [0.717, 1.165) is 17.5 Å². The van der Waals surface area contributed by atoms with Crippen LogP contribution in [0, 0.1) is 0 Å². The number of hydrogen-bond donors (Lipinski definition) is 1. The molecule has 0 spiro atoms. The second kappa shape index (κ2) is 4.51. The third-order valence-electron chi connectivity index (χ3n) is 3.17. The fourth-order valence-corrected chi connectivity index (χ4v) is 2.93. The van der Waals surface area contributed by atoms with Crippen molar-refractivity contribution in [1.82, 2.24) is 9.36 Å². The first-order valence-corrected chi connectivity index (χ1v) is 6.88. The van der Waals surface area contributed by atoms with Gasteiger partial charge >= 0.3 is 0 Å². The molecule has 1 saturated carbocycles. The average molecular weight is 255 g/mol. The Hall–Kier alpha value is -0.720. The van der Waals surface area contributed by atoms with Crippen molar-refractivity contribution in [2.24, 2.45) is 0 Å². The van der Waals surface area contributed by atoms with Gasteiger partial charge in [0.15, 0.2) is 0 Å². The molecule has 1 aliphatic carbocycles. The zero-order valence-electron chi connectivity index (χ0n) is 9.87. The first-order chi connectivity index (χ1) is 8.26. The molecule has 1 saturated heterocycles. The highest BCUT2D eigenvalue weighted by Gasteiger charge is 2.31. The number of rotatable bonds is 3. The van der Waals surface area contributed by atoms with Gasteiger partial charge in [-0.05, 0) is 19.8 Å². The van der Waals surface area contributed by atoms with E-state index in [1.54, 1.807) is 0 Å². The number of aliphatic hydroxyl groups is 1. The van der Waals surface area contributed by atoms with Crippen LogP contribution < -0.4 is 4.90 Å². The molecule has 2 atom stereocenters. The molecule has 1 aromatic heterocycles. The summed E-state index contributed by atoms with van der Waals surface area (Å²) >= 11 is 1.47. The highest BCUT2D eigenvalue weighted by atomic mass is 32.1. The van der Waals surface area contributed by atoms with E-state index in [1.165, 1.54) is 24.4 Å². The Bertz CT molecular complexity index is 394. The van der Waals surface area contributed by atoms with Gasteiger partial charge in [0.2, 0.25) is 5.13 Å². The van der Waals surface area contributed by atoms with Crippen LogP contribution in [-0.4, -0.2) is 46.4 Å². The van der Waals surface area contributed by atoms with Gasteiger partial charge < -0.3 is 14.7 Å². The zero-order chi connectivity index (χ0) is 11.8. The van der Waals surface area contributed by atoms with Gasteiger partial charge in [-0.2, -0.15) is 4.37 Å². The van der Waals surface area contributed by atoms with Gasteiger partial charge in [0, 0.05) is 30.5 Å². The average Bonchev–Trinajstić information content (AvgIpc) is 3.06. The monoisotopic (exact) mass is 255 g/mol. The van der Waals surface area contributed by atoms with Crippen LogP contribution in [0.15, 0.2) is 0 Å². The molecule has 2 unspecified atom stereocenters. The van der Waals surface area contributed by atoms with Crippen molar-refractivity contribution in [2.75, 3.05) is 24.6 Å². The molecule has 0 bridgehead atoms. The SMILES string of the molecule is CC1CN(c2nc(C3CC3)ns2)CC(CO)O1. The fourth-order valence-electron chi connectivity index (χ4n) is 2.16. The molecule has 6 heteroatoms. The van der Waals surface area contributed by atoms with Gasteiger partial charge in [-0.25, -0.2) is 4.98 Å². The lowest BCUT2D eigenvalue weighted by Gasteiger charge is -2.35. The van der Waals surface area contributed by atoms with Crippen molar-refractivity contribution in [3.63, 3.8) is 0 Å². The molecule has 2 heterocycles. The molecule has 17 heavy (non-hydrogen) atoms. The molecule has 3 rings (SSSR count). The van der Waals surface area contributed by atoms with Crippen LogP contribution in [-0.2, 0) is 4.74 Å². The summed E-state index contributed by atoms with van der Waals surface area (Å²) in [7, 11) is 0. The molecule has 94 valence electrons. The van der Waals surface area contributed by atoms with E-state index >= 15 is 0 Å². The summed E-state index contributed by atoms with van der Waals surface area (Å²) in [4.78, 5) is 6.77. The zero-order valence-corrected chi connectivity index (χ0v) is 10.7. The lowest BCUT2D eigenvalue weighted by Crippen LogP contribution is -2.48. The Morgan fingerprint density at radius 1 is 1.47 bits per heavy atom. The van der Waals surface area contributed by atoms with Gasteiger partial charge in [0.05, 0.1) is 18.8 Å². The summed E-state index contributed by atoms with van der Waals surface area (Å²) in [6, 6.07) is 0. The van der Waals surface area contributed by atoms with Crippen LogP contribution in [0.3, 0.4) is 0 Å². The molecule has 2 fully saturated rings. The second-order valence-corrected chi connectivity index (χ2v) is 5.60. The van der Waals surface area contributed by atoms with Gasteiger partial charge in [-0.15, -0.1) is 0 Å². The van der Waals surface area contributed by atoms with E-state index in [0.29, 0.717) is 12.5 Å². The number of morpholine rings is 1. The van der Waals surface area contributed by atoms with E-state index in [4.69, 9.17) is 4.74 Å². The van der Waals surface area contributed by atoms with Gasteiger partial charge in [0.25, 0.3) is 0 Å². The van der Waals surface area contributed by atoms with Gasteiger partial charge in [0.1, 0.15) is 5.82 Å². The van der Waals surface area contributed by atoms with Gasteiger partial charge in [-0.1, -0.05) is 0 Å². The minimum Gasteiger partial charge on any atom is -0.394 e. The minimum absolute atomic E-state index is 0.0646. The summed E-state index contributed by atoms with van der Waals surface area (Å²) in [6.07, 6.45) is 2.49. The first-order valence-electron chi connectivity index (χ1n) is 6.11. The van der Waals surface area contributed by atoms with E-state index < -0.39 is 0 Å². The molecule has 5 nitrogen and oxygen atoms in total. The molecule has 2 aliphatic rings. The second-order valence-electron chi connectivity index (χ2n) is 4.87. The fraction of sp³-hybridized carbons (Fsp3) is 0.818. The van der Waals surface area contributed by atoms with Crippen molar-refractivity contribution in [3.05, 3.63) is 5.82 Å². The Morgan fingerprint density at radius 2 is 2.29 bits per heavy atom. The van der Waals surface area contributed by atoms with E-state index in [2.05, 4.69) is 14.3 Å². The summed E-state index contributed by atoms with van der Waals surface area (Å²) in [5.41, 5.74) is 0. The lowest BCUT2D eigenvalue weighted by molar-refractivity contribution is -0.0421. The standard InChI is InChI=1S/C11H17N3O2S/c1-7-4-14(5-9(6-15)16-7)11-12-10(13-17-11)8-2-3-8/h7-9,15H,2-6H2,1H3. The molecule has 1 aromatic rings. The van der Waals surface area contributed by atoms with Crippen LogP contribution >= 0.6 is 11.5 Å². The molecule has 1 N–H and O–H groups in total. The normalized spacial score (nSPS) is 29.6. The number of aliphatic hydroxyl groups excluding tert-OH is 1. The van der Waals surface area contributed by atoms with Crippen molar-refractivity contribution < 1.29 is 9.84 Å². The maximum absolute atomic E-state index is 9.19. The van der Waals surface area contributed by atoms with Crippen molar-refractivity contribution in [3.8, 4) is 0 Å². The van der Waals surface area contributed by atoms with Crippen molar-refractivity contribution >= 4 is 16.7 Å². The maximum Gasteiger partial charge on any atom is 0.205 e. The molecular formula is C11H17N3O2S. The molecule has 0 aromatic carbocycles. The molecule has 0 amide bonds. The number of anilines is 1. The van der Waals surface area contributed by atoms with Crippen molar-refractivity contribution in [2.45, 2.75) is 37.9 Å². The summed E-state index contributed by atoms with van der Waals surface area (Å²) in [6.45, 7) is 3.63.